The van der Waals surface area contributed by atoms with Gasteiger partial charge in [-0.05, 0) is 42.3 Å². The Kier molecular flexibility index (Phi) is 6.60. The summed E-state index contributed by atoms with van der Waals surface area (Å²) in [5, 5.41) is 0.901. The van der Waals surface area contributed by atoms with E-state index in [9.17, 15) is 17.6 Å². The van der Waals surface area contributed by atoms with Crippen LogP contribution in [0.2, 0.25) is 10.0 Å². The van der Waals surface area contributed by atoms with Gasteiger partial charge < -0.3 is 4.90 Å². The lowest BCUT2D eigenvalue weighted by atomic mass is 10.1. The quantitative estimate of drug-likeness (QED) is 0.707. The van der Waals surface area contributed by atoms with Gasteiger partial charge in [-0.2, -0.15) is 4.31 Å². The van der Waals surface area contributed by atoms with E-state index < -0.39 is 15.8 Å². The molecular formula is C19H19Cl2FN2O3S. The first kappa shape index (κ1) is 21.0. The summed E-state index contributed by atoms with van der Waals surface area (Å²) in [7, 11) is -3.70. The molecule has 0 radical (unpaired) electrons. The van der Waals surface area contributed by atoms with Gasteiger partial charge in [-0.15, -0.1) is 0 Å². The number of hydrogen-bond donors (Lipinski definition) is 0. The van der Waals surface area contributed by atoms with Gasteiger partial charge in [-0.3, -0.25) is 4.79 Å². The van der Waals surface area contributed by atoms with Crippen molar-refractivity contribution in [2.45, 2.75) is 17.7 Å². The minimum absolute atomic E-state index is 0.0456. The van der Waals surface area contributed by atoms with E-state index in [0.29, 0.717) is 29.6 Å². The van der Waals surface area contributed by atoms with E-state index in [0.717, 1.165) is 17.7 Å². The number of carbonyl (C=O) groups excluding carboxylic acids is 1. The largest absolute Gasteiger partial charge is 0.340 e. The third-order valence-corrected chi connectivity index (χ3v) is 7.45. The minimum atomic E-state index is -3.70. The Labute approximate surface area is 173 Å². The smallest absolute Gasteiger partial charge is 0.243 e. The van der Waals surface area contributed by atoms with Gasteiger partial charge >= 0.3 is 0 Å². The van der Waals surface area contributed by atoms with E-state index in [2.05, 4.69) is 0 Å². The summed E-state index contributed by atoms with van der Waals surface area (Å²) in [6.07, 6.45) is 0.733. The number of carbonyl (C=O) groups is 1. The lowest BCUT2D eigenvalue weighted by molar-refractivity contribution is -0.132. The molecule has 9 heteroatoms. The van der Waals surface area contributed by atoms with Gasteiger partial charge in [0.1, 0.15) is 5.82 Å². The van der Waals surface area contributed by atoms with Crippen molar-refractivity contribution in [1.82, 2.24) is 9.21 Å². The molecule has 0 spiro atoms. The summed E-state index contributed by atoms with van der Waals surface area (Å²) in [5.74, 6) is -0.552. The van der Waals surface area contributed by atoms with Gasteiger partial charge in [0.05, 0.1) is 14.9 Å². The Morgan fingerprint density at radius 2 is 1.64 bits per heavy atom. The highest BCUT2D eigenvalue weighted by atomic mass is 35.5. The zero-order valence-corrected chi connectivity index (χ0v) is 17.3. The van der Waals surface area contributed by atoms with Crippen LogP contribution < -0.4 is 0 Å². The number of amides is 1. The van der Waals surface area contributed by atoms with Crippen molar-refractivity contribution >= 4 is 39.1 Å². The Balaban J connectivity index is 1.56. The molecule has 1 heterocycles. The predicted octanol–water partition coefficient (Wildman–Crippen LogP) is 3.60. The zero-order chi connectivity index (χ0) is 20.3. The molecule has 1 fully saturated rings. The van der Waals surface area contributed by atoms with Crippen LogP contribution in [0.1, 0.15) is 12.0 Å². The molecular weight excluding hydrogens is 426 g/mol. The van der Waals surface area contributed by atoms with Crippen LogP contribution in [0.4, 0.5) is 4.39 Å². The number of benzene rings is 2. The maximum absolute atomic E-state index is 13.0. The predicted molar refractivity (Wildman–Crippen MR) is 107 cm³/mol. The summed E-state index contributed by atoms with van der Waals surface area (Å²) in [6, 6.07) is 10.0. The molecule has 5 nitrogen and oxygen atoms in total. The van der Waals surface area contributed by atoms with E-state index >= 15 is 0 Å². The fourth-order valence-corrected chi connectivity index (χ4v) is 4.91. The molecule has 0 aromatic heterocycles. The molecule has 0 unspecified atom stereocenters. The minimum Gasteiger partial charge on any atom is -0.340 e. The first-order valence-electron chi connectivity index (χ1n) is 8.75. The molecule has 3 rings (SSSR count). The normalized spacial score (nSPS) is 15.6. The molecule has 1 amide bonds. The first-order valence-corrected chi connectivity index (χ1v) is 10.9. The van der Waals surface area contributed by atoms with Crippen LogP contribution in [0.3, 0.4) is 0 Å². The summed E-state index contributed by atoms with van der Waals surface area (Å²) in [4.78, 5) is 14.2. The molecule has 0 saturated carbocycles. The van der Waals surface area contributed by atoms with Crippen molar-refractivity contribution in [2.75, 3.05) is 26.2 Å². The van der Waals surface area contributed by atoms with E-state index in [-0.39, 0.29) is 30.3 Å². The lowest BCUT2D eigenvalue weighted by Gasteiger charge is -2.34. The molecule has 0 atom stereocenters. The second-order valence-electron chi connectivity index (χ2n) is 6.45. The molecule has 0 bridgehead atoms. The molecule has 2 aromatic carbocycles. The Hall–Kier alpha value is -1.67. The second kappa shape index (κ2) is 8.78. The maximum atomic E-state index is 13.0. The van der Waals surface area contributed by atoms with E-state index in [1.54, 1.807) is 17.0 Å². The topological polar surface area (TPSA) is 57.7 Å². The SMILES string of the molecule is O=C(CCc1cccc(Cl)c1Cl)N1CCN(S(=O)(=O)c2ccc(F)cc2)CC1. The first-order chi connectivity index (χ1) is 13.3. The fraction of sp³-hybridized carbons (Fsp3) is 0.316. The third-order valence-electron chi connectivity index (χ3n) is 4.68. The van der Waals surface area contributed by atoms with Crippen LogP contribution in [-0.4, -0.2) is 49.7 Å². The molecule has 2 aromatic rings. The van der Waals surface area contributed by atoms with Crippen LogP contribution in [0.25, 0.3) is 0 Å². The number of aryl methyl sites for hydroxylation is 1. The lowest BCUT2D eigenvalue weighted by Crippen LogP contribution is -2.50. The van der Waals surface area contributed by atoms with E-state index in [1.807, 2.05) is 6.07 Å². The van der Waals surface area contributed by atoms with Crippen LogP contribution in [0, 0.1) is 5.82 Å². The average molecular weight is 445 g/mol. The van der Waals surface area contributed by atoms with Crippen molar-refractivity contribution in [1.29, 1.82) is 0 Å². The monoisotopic (exact) mass is 444 g/mol. The van der Waals surface area contributed by atoms with Crippen LogP contribution in [0.15, 0.2) is 47.4 Å². The number of sulfonamides is 1. The summed E-state index contributed by atoms with van der Waals surface area (Å²) in [5.41, 5.74) is 0.806. The average Bonchev–Trinajstić information content (AvgIpc) is 2.69. The van der Waals surface area contributed by atoms with Gasteiger partial charge in [0.15, 0.2) is 0 Å². The fourth-order valence-electron chi connectivity index (χ4n) is 3.07. The highest BCUT2D eigenvalue weighted by molar-refractivity contribution is 7.89. The molecule has 1 aliphatic heterocycles. The summed E-state index contributed by atoms with van der Waals surface area (Å²) < 4.78 is 39.6. The zero-order valence-electron chi connectivity index (χ0n) is 14.9. The molecule has 28 heavy (non-hydrogen) atoms. The number of piperazine rings is 1. The number of rotatable bonds is 5. The molecule has 0 aliphatic carbocycles. The van der Waals surface area contributed by atoms with Gasteiger partial charge in [0.25, 0.3) is 0 Å². The van der Waals surface area contributed by atoms with Crippen molar-refractivity contribution < 1.29 is 17.6 Å². The van der Waals surface area contributed by atoms with E-state index in [1.165, 1.54) is 16.4 Å². The number of hydrogen-bond acceptors (Lipinski definition) is 3. The van der Waals surface area contributed by atoms with E-state index in [4.69, 9.17) is 23.2 Å². The van der Waals surface area contributed by atoms with Gasteiger partial charge in [-0.25, -0.2) is 12.8 Å². The van der Waals surface area contributed by atoms with Crippen LogP contribution >= 0.6 is 23.2 Å². The van der Waals surface area contributed by atoms with Crippen molar-refractivity contribution in [3.05, 3.63) is 63.9 Å². The van der Waals surface area contributed by atoms with Crippen LogP contribution in [-0.2, 0) is 21.2 Å². The summed E-state index contributed by atoms with van der Waals surface area (Å²) in [6.45, 7) is 1.01. The third kappa shape index (κ3) is 4.66. The van der Waals surface area contributed by atoms with Crippen molar-refractivity contribution in [3.63, 3.8) is 0 Å². The van der Waals surface area contributed by atoms with Gasteiger partial charge in [-0.1, -0.05) is 35.3 Å². The summed E-state index contributed by atoms with van der Waals surface area (Å²) >= 11 is 12.1. The maximum Gasteiger partial charge on any atom is 0.243 e. The molecule has 0 N–H and O–H groups in total. The van der Waals surface area contributed by atoms with Gasteiger partial charge in [0, 0.05) is 32.6 Å². The van der Waals surface area contributed by atoms with Gasteiger partial charge in [0.2, 0.25) is 15.9 Å². The Morgan fingerprint density at radius 1 is 1.00 bits per heavy atom. The second-order valence-corrected chi connectivity index (χ2v) is 9.17. The van der Waals surface area contributed by atoms with Crippen LogP contribution in [0.5, 0.6) is 0 Å². The molecule has 1 aliphatic rings. The number of nitrogens with zero attached hydrogens (tertiary/aromatic N) is 2. The number of halogens is 3. The highest BCUT2D eigenvalue weighted by Crippen LogP contribution is 2.26. The van der Waals surface area contributed by atoms with Crippen molar-refractivity contribution in [2.24, 2.45) is 0 Å². The Morgan fingerprint density at radius 3 is 2.29 bits per heavy atom. The Bertz CT molecular complexity index is 960. The standard InChI is InChI=1S/C19H19Cl2FN2O3S/c20-17-3-1-2-14(19(17)21)4-9-18(25)23-10-12-24(13-11-23)28(26,27)16-7-5-15(22)6-8-16/h1-3,5-8H,4,9-13H2. The van der Waals surface area contributed by atoms with Crippen molar-refractivity contribution in [3.8, 4) is 0 Å². The highest BCUT2D eigenvalue weighted by Gasteiger charge is 2.30. The molecule has 1 saturated heterocycles. The molecule has 150 valence electrons.